The number of hydrogen-bond donors (Lipinski definition) is 2. The van der Waals surface area contributed by atoms with Crippen molar-refractivity contribution < 1.29 is 19.4 Å². The molecule has 1 heterocycles. The second-order valence-corrected chi connectivity index (χ2v) is 4.42. The normalized spacial score (nSPS) is 22.5. The smallest absolute Gasteiger partial charge is 0.331 e. The molecule has 0 bridgehead atoms. The molecule has 19 heavy (non-hydrogen) atoms. The highest BCUT2D eigenvalue weighted by Gasteiger charge is 2.43. The van der Waals surface area contributed by atoms with Crippen LogP contribution in [-0.2, 0) is 14.3 Å². The van der Waals surface area contributed by atoms with Crippen molar-refractivity contribution in [3.8, 4) is 0 Å². The molecular weight excluding hydrogens is 246 g/mol. The molecule has 0 aliphatic carbocycles. The highest BCUT2D eigenvalue weighted by molar-refractivity contribution is 5.96. The number of aliphatic carboxylic acids is 1. The van der Waals surface area contributed by atoms with E-state index in [4.69, 9.17) is 4.74 Å². The van der Waals surface area contributed by atoms with E-state index >= 15 is 0 Å². The molecule has 1 aliphatic heterocycles. The highest BCUT2D eigenvalue weighted by atomic mass is 16.5. The van der Waals surface area contributed by atoms with Crippen LogP contribution in [0.5, 0.6) is 0 Å². The van der Waals surface area contributed by atoms with Crippen molar-refractivity contribution in [1.82, 2.24) is 5.32 Å². The predicted molar refractivity (Wildman–Crippen MR) is 69.4 cm³/mol. The Balaban J connectivity index is 2.01. The third-order valence-corrected chi connectivity index (χ3v) is 3.02. The van der Waals surface area contributed by atoms with Crippen LogP contribution in [0.15, 0.2) is 36.4 Å². The summed E-state index contributed by atoms with van der Waals surface area (Å²) in [6.07, 6.45) is 3.26. The summed E-state index contributed by atoms with van der Waals surface area (Å²) in [5.74, 6) is -1.50. The van der Waals surface area contributed by atoms with Gasteiger partial charge in [-0.05, 0) is 11.6 Å². The van der Waals surface area contributed by atoms with E-state index < -0.39 is 17.4 Å². The van der Waals surface area contributed by atoms with Crippen molar-refractivity contribution in [3.63, 3.8) is 0 Å². The number of benzene rings is 1. The van der Waals surface area contributed by atoms with Crippen LogP contribution in [0.2, 0.25) is 0 Å². The number of rotatable bonds is 4. The van der Waals surface area contributed by atoms with Gasteiger partial charge in [-0.1, -0.05) is 30.3 Å². The quantitative estimate of drug-likeness (QED) is 0.795. The molecule has 1 saturated heterocycles. The zero-order chi connectivity index (χ0) is 13.7. The minimum Gasteiger partial charge on any atom is -0.479 e. The van der Waals surface area contributed by atoms with Crippen LogP contribution in [0.25, 0.3) is 6.08 Å². The van der Waals surface area contributed by atoms with Gasteiger partial charge in [-0.25, -0.2) is 4.79 Å². The summed E-state index contributed by atoms with van der Waals surface area (Å²) < 4.78 is 5.07. The van der Waals surface area contributed by atoms with Crippen molar-refractivity contribution in [2.75, 3.05) is 13.2 Å². The topological polar surface area (TPSA) is 75.6 Å². The lowest BCUT2D eigenvalue weighted by atomic mass is 9.99. The van der Waals surface area contributed by atoms with Crippen LogP contribution in [-0.4, -0.2) is 35.7 Å². The predicted octanol–water partition coefficient (Wildman–Crippen LogP) is 1.06. The van der Waals surface area contributed by atoms with Crippen molar-refractivity contribution in [3.05, 3.63) is 42.0 Å². The molecule has 2 N–H and O–H groups in total. The molecule has 1 aromatic carbocycles. The molecule has 1 aliphatic rings. The lowest BCUT2D eigenvalue weighted by Gasteiger charge is -2.22. The summed E-state index contributed by atoms with van der Waals surface area (Å²) in [5, 5.41) is 11.7. The van der Waals surface area contributed by atoms with Crippen LogP contribution in [0.3, 0.4) is 0 Å². The summed E-state index contributed by atoms with van der Waals surface area (Å²) in [4.78, 5) is 23.0. The first kappa shape index (κ1) is 13.3. The average Bonchev–Trinajstić information content (AvgIpc) is 2.87. The molecule has 1 amide bonds. The maximum Gasteiger partial charge on any atom is 0.331 e. The van der Waals surface area contributed by atoms with Gasteiger partial charge in [-0.15, -0.1) is 0 Å². The van der Waals surface area contributed by atoms with E-state index in [1.54, 1.807) is 6.08 Å². The molecule has 5 heteroatoms. The van der Waals surface area contributed by atoms with Crippen LogP contribution in [0.1, 0.15) is 12.0 Å². The Morgan fingerprint density at radius 1 is 1.32 bits per heavy atom. The SMILES string of the molecule is O=C(C=Cc1ccccc1)NC1(C(=O)O)CCOC1. The van der Waals surface area contributed by atoms with E-state index in [-0.39, 0.29) is 13.0 Å². The molecule has 100 valence electrons. The molecule has 1 atom stereocenters. The number of carbonyl (C=O) groups excluding carboxylic acids is 1. The number of carboxylic acid groups (broad SMARTS) is 1. The Kier molecular flexibility index (Phi) is 3.97. The minimum absolute atomic E-state index is 0.00719. The molecular formula is C14H15NO4. The van der Waals surface area contributed by atoms with E-state index in [2.05, 4.69) is 5.32 Å². The van der Waals surface area contributed by atoms with Crippen molar-refractivity contribution >= 4 is 18.0 Å². The van der Waals surface area contributed by atoms with Gasteiger partial charge in [0.1, 0.15) is 0 Å². The van der Waals surface area contributed by atoms with E-state index in [1.807, 2.05) is 30.3 Å². The van der Waals surface area contributed by atoms with Crippen LogP contribution < -0.4 is 5.32 Å². The fraction of sp³-hybridized carbons (Fsp3) is 0.286. The zero-order valence-corrected chi connectivity index (χ0v) is 10.3. The number of amides is 1. The van der Waals surface area contributed by atoms with Crippen molar-refractivity contribution in [2.45, 2.75) is 12.0 Å². The lowest BCUT2D eigenvalue weighted by molar-refractivity contribution is -0.147. The van der Waals surface area contributed by atoms with Crippen molar-refractivity contribution in [2.24, 2.45) is 0 Å². The summed E-state index contributed by atoms with van der Waals surface area (Å²) in [7, 11) is 0. The van der Waals surface area contributed by atoms with Gasteiger partial charge in [0.15, 0.2) is 5.54 Å². The third kappa shape index (κ3) is 3.20. The Morgan fingerprint density at radius 2 is 2.05 bits per heavy atom. The second kappa shape index (κ2) is 5.67. The molecule has 0 radical (unpaired) electrons. The van der Waals surface area contributed by atoms with E-state index in [0.29, 0.717) is 6.61 Å². The summed E-state index contributed by atoms with van der Waals surface area (Å²) in [6.45, 7) is 0.349. The van der Waals surface area contributed by atoms with Crippen LogP contribution >= 0.6 is 0 Å². The molecule has 0 aromatic heterocycles. The van der Waals surface area contributed by atoms with E-state index in [9.17, 15) is 14.7 Å². The number of hydrogen-bond acceptors (Lipinski definition) is 3. The molecule has 5 nitrogen and oxygen atoms in total. The molecule has 1 fully saturated rings. The Morgan fingerprint density at radius 3 is 2.63 bits per heavy atom. The average molecular weight is 261 g/mol. The maximum absolute atomic E-state index is 11.8. The van der Waals surface area contributed by atoms with Gasteiger partial charge in [0.05, 0.1) is 6.61 Å². The third-order valence-electron chi connectivity index (χ3n) is 3.02. The first-order valence-corrected chi connectivity index (χ1v) is 5.99. The van der Waals surface area contributed by atoms with Gasteiger partial charge < -0.3 is 15.2 Å². The molecule has 0 saturated carbocycles. The maximum atomic E-state index is 11.8. The second-order valence-electron chi connectivity index (χ2n) is 4.42. The number of carboxylic acids is 1. The first-order chi connectivity index (χ1) is 9.12. The fourth-order valence-corrected chi connectivity index (χ4v) is 1.90. The van der Waals surface area contributed by atoms with Gasteiger partial charge in [-0.3, -0.25) is 4.79 Å². The number of nitrogens with one attached hydrogen (secondary N) is 1. The van der Waals surface area contributed by atoms with E-state index in [0.717, 1.165) is 5.56 Å². The van der Waals surface area contributed by atoms with E-state index in [1.165, 1.54) is 6.08 Å². The zero-order valence-electron chi connectivity index (χ0n) is 10.3. The summed E-state index contributed by atoms with van der Waals surface area (Å²) in [5.41, 5.74) is -0.414. The first-order valence-electron chi connectivity index (χ1n) is 5.99. The van der Waals surface area contributed by atoms with Gasteiger partial charge in [0.2, 0.25) is 5.91 Å². The lowest BCUT2D eigenvalue weighted by Crippen LogP contribution is -2.54. The number of carbonyl (C=O) groups is 2. The molecule has 1 aromatic rings. The largest absolute Gasteiger partial charge is 0.479 e. The Hall–Kier alpha value is -2.14. The fourth-order valence-electron chi connectivity index (χ4n) is 1.90. The summed E-state index contributed by atoms with van der Waals surface area (Å²) >= 11 is 0. The van der Waals surface area contributed by atoms with Gasteiger partial charge in [0.25, 0.3) is 0 Å². The monoisotopic (exact) mass is 261 g/mol. The Labute approximate surface area is 110 Å². The number of ether oxygens (including phenoxy) is 1. The highest BCUT2D eigenvalue weighted by Crippen LogP contribution is 2.19. The molecule has 0 spiro atoms. The van der Waals surface area contributed by atoms with Gasteiger partial charge in [-0.2, -0.15) is 0 Å². The van der Waals surface area contributed by atoms with Crippen LogP contribution in [0.4, 0.5) is 0 Å². The van der Waals surface area contributed by atoms with Crippen LogP contribution in [0, 0.1) is 0 Å². The minimum atomic E-state index is -1.29. The molecule has 2 rings (SSSR count). The van der Waals surface area contributed by atoms with Gasteiger partial charge >= 0.3 is 5.97 Å². The summed E-state index contributed by atoms with van der Waals surface area (Å²) in [6, 6.07) is 9.32. The van der Waals surface area contributed by atoms with Crippen molar-refractivity contribution in [1.29, 1.82) is 0 Å². The molecule has 1 unspecified atom stereocenters. The Bertz CT molecular complexity index is 489. The standard InChI is InChI=1S/C14H15NO4/c16-12(7-6-11-4-2-1-3-5-11)15-14(13(17)18)8-9-19-10-14/h1-7H,8-10H2,(H,15,16)(H,17,18). The van der Waals surface area contributed by atoms with Gasteiger partial charge in [0, 0.05) is 19.1 Å².